The van der Waals surface area contributed by atoms with E-state index in [2.05, 4.69) is 39.4 Å². The molecule has 3 aliphatic carbocycles. The molecule has 0 radical (unpaired) electrons. The number of Topliss-reactive ketones (excluding diaryl/α,β-unsaturated/α-hetero) is 1. The summed E-state index contributed by atoms with van der Waals surface area (Å²) in [4.78, 5) is 40.9. The van der Waals surface area contributed by atoms with Crippen molar-refractivity contribution in [2.45, 2.75) is 128 Å². The van der Waals surface area contributed by atoms with E-state index in [-0.39, 0.29) is 84.3 Å². The molecule has 2 aliphatic heterocycles. The monoisotopic (exact) mass is 718 g/mol. The number of ketones is 1. The minimum atomic E-state index is -0.612. The van der Waals surface area contributed by atoms with Gasteiger partial charge in [0.1, 0.15) is 30.5 Å². The number of quaternary nitrogens is 1. The number of cyclic esters (lactones) is 1. The van der Waals surface area contributed by atoms with Crippen molar-refractivity contribution < 1.29 is 52.0 Å². The zero-order chi connectivity index (χ0) is 37.0. The van der Waals surface area contributed by atoms with Gasteiger partial charge < -0.3 is 37.6 Å². The SMILES string of the molecule is CC[C@H]1CCC[C@H](OC(=O)CCC[N+](C)(C)C)[C@@H](C)C(=O)C2=C[C@@H]3[C@@H](C=C[C@@H]4C[C@@H](O[C@@H]5O[C@@H](C)[C@H](OC)[C@@H](OC)[C@H]5OC)C[C@@H]34)[C@@H]2CC(=O)O1. The molecule has 0 spiro atoms. The van der Waals surface area contributed by atoms with E-state index >= 15 is 0 Å². The third-order valence-electron chi connectivity index (χ3n) is 12.1. The largest absolute Gasteiger partial charge is 0.462 e. The van der Waals surface area contributed by atoms with Crippen molar-refractivity contribution in [3.05, 3.63) is 23.8 Å². The molecule has 11 heteroatoms. The van der Waals surface area contributed by atoms with Crippen LogP contribution in [0, 0.1) is 35.5 Å². The number of hydrogen-bond donors (Lipinski definition) is 0. The van der Waals surface area contributed by atoms with Crippen molar-refractivity contribution in [1.82, 2.24) is 0 Å². The van der Waals surface area contributed by atoms with Crippen LogP contribution in [0.1, 0.15) is 78.6 Å². The summed E-state index contributed by atoms with van der Waals surface area (Å²) >= 11 is 0. The number of allylic oxidation sites excluding steroid dienone is 4. The summed E-state index contributed by atoms with van der Waals surface area (Å²) in [5.74, 6) is -0.751. The van der Waals surface area contributed by atoms with Crippen molar-refractivity contribution in [3.63, 3.8) is 0 Å². The van der Waals surface area contributed by atoms with Crippen molar-refractivity contribution in [2.24, 2.45) is 35.5 Å². The van der Waals surface area contributed by atoms with Crippen LogP contribution in [0.4, 0.5) is 0 Å². The quantitative estimate of drug-likeness (QED) is 0.163. The predicted molar refractivity (Wildman–Crippen MR) is 190 cm³/mol. The first-order chi connectivity index (χ1) is 24.3. The number of ether oxygens (including phenoxy) is 7. The maximum Gasteiger partial charge on any atom is 0.306 e. The average Bonchev–Trinajstić information content (AvgIpc) is 3.66. The van der Waals surface area contributed by atoms with Gasteiger partial charge in [-0.05, 0) is 74.7 Å². The molecule has 5 aliphatic rings. The maximum absolute atomic E-state index is 14.5. The lowest BCUT2D eigenvalue weighted by Crippen LogP contribution is -2.59. The number of carbonyl (C=O) groups excluding carboxylic acids is 3. The van der Waals surface area contributed by atoms with Crippen LogP contribution in [-0.4, -0.2) is 120 Å². The van der Waals surface area contributed by atoms with E-state index in [1.165, 1.54) is 0 Å². The molecule has 14 atom stereocenters. The number of fused-ring (bicyclic) bond motifs is 5. The van der Waals surface area contributed by atoms with Crippen LogP contribution < -0.4 is 0 Å². The molecule has 1 saturated carbocycles. The zero-order valence-corrected chi connectivity index (χ0v) is 32.4. The predicted octanol–water partition coefficient (Wildman–Crippen LogP) is 5.05. The van der Waals surface area contributed by atoms with E-state index in [1.807, 2.05) is 20.8 Å². The van der Waals surface area contributed by atoms with Gasteiger partial charge in [-0.2, -0.15) is 0 Å². The van der Waals surface area contributed by atoms with Crippen molar-refractivity contribution in [2.75, 3.05) is 49.0 Å². The molecule has 0 aromatic rings. The fourth-order valence-corrected chi connectivity index (χ4v) is 9.39. The standard InChI is InChI=1S/C40H64NO10/c1-10-26-13-11-14-33(51-34(42)15-12-18-41(4,5)6)23(2)36(44)32-21-30-28(31(32)22-35(43)49-26)17-16-25-19-27(20-29(25)30)50-40-39(47-9)38(46-8)37(45-7)24(3)48-40/h16-17,21,23-31,33,37-40H,10-15,18-20,22H2,1-9H3/q+1/t23-,24+,25-,26+,27-,28-,29-,30-,31+,33+,37+,38-,39-,40+/m1/s1. The van der Waals surface area contributed by atoms with Gasteiger partial charge in [0.15, 0.2) is 12.1 Å². The van der Waals surface area contributed by atoms with Crippen LogP contribution in [-0.2, 0) is 47.5 Å². The van der Waals surface area contributed by atoms with Crippen molar-refractivity contribution >= 4 is 17.7 Å². The van der Waals surface area contributed by atoms with E-state index in [1.54, 1.807) is 21.3 Å². The summed E-state index contributed by atoms with van der Waals surface area (Å²) in [7, 11) is 11.2. The minimum Gasteiger partial charge on any atom is -0.462 e. The molecule has 0 unspecified atom stereocenters. The summed E-state index contributed by atoms with van der Waals surface area (Å²) < 4.78 is 43.1. The second-order valence-electron chi connectivity index (χ2n) is 16.6. The topological polar surface area (TPSA) is 116 Å². The van der Waals surface area contributed by atoms with Gasteiger partial charge in [-0.25, -0.2) is 0 Å². The van der Waals surface area contributed by atoms with Crippen molar-refractivity contribution in [1.29, 1.82) is 0 Å². The van der Waals surface area contributed by atoms with Gasteiger partial charge in [0, 0.05) is 33.7 Å². The Labute approximate surface area is 305 Å². The molecule has 0 aromatic carbocycles. The Kier molecular flexibility index (Phi) is 13.6. The van der Waals surface area contributed by atoms with E-state index < -0.39 is 24.4 Å². The second kappa shape index (κ2) is 17.3. The lowest BCUT2D eigenvalue weighted by atomic mass is 9.70. The van der Waals surface area contributed by atoms with Crippen molar-refractivity contribution in [3.8, 4) is 0 Å². The van der Waals surface area contributed by atoms with Gasteiger partial charge in [-0.3, -0.25) is 14.4 Å². The van der Waals surface area contributed by atoms with Gasteiger partial charge in [-0.1, -0.05) is 32.1 Å². The van der Waals surface area contributed by atoms with Crippen LogP contribution >= 0.6 is 0 Å². The molecule has 0 bridgehead atoms. The Balaban J connectivity index is 1.34. The number of nitrogens with zero attached hydrogens (tertiary/aromatic N) is 1. The van der Waals surface area contributed by atoms with Crippen LogP contribution in [0.3, 0.4) is 0 Å². The van der Waals surface area contributed by atoms with Gasteiger partial charge in [-0.15, -0.1) is 0 Å². The first-order valence-corrected chi connectivity index (χ1v) is 19.3. The van der Waals surface area contributed by atoms with Crippen LogP contribution in [0.25, 0.3) is 0 Å². The fraction of sp³-hybridized carbons (Fsp3) is 0.825. The maximum atomic E-state index is 14.5. The highest BCUT2D eigenvalue weighted by Gasteiger charge is 2.52. The molecular formula is C40H64NO10+. The number of carbonyl (C=O) groups is 3. The lowest BCUT2D eigenvalue weighted by molar-refractivity contribution is -0.870. The highest BCUT2D eigenvalue weighted by Crippen LogP contribution is 2.54. The Bertz CT molecular complexity index is 1280. The normalized spacial score (nSPS) is 40.3. The number of hydrogen-bond acceptors (Lipinski definition) is 10. The molecule has 11 nitrogen and oxygen atoms in total. The van der Waals surface area contributed by atoms with Gasteiger partial charge >= 0.3 is 11.9 Å². The first-order valence-electron chi connectivity index (χ1n) is 19.3. The highest BCUT2D eigenvalue weighted by atomic mass is 16.7. The summed E-state index contributed by atoms with van der Waals surface area (Å²) in [6.07, 6.45) is 9.36. The van der Waals surface area contributed by atoms with E-state index in [0.717, 1.165) is 30.3 Å². The third-order valence-corrected chi connectivity index (χ3v) is 12.1. The molecule has 5 rings (SSSR count). The Morgan fingerprint density at radius 2 is 1.67 bits per heavy atom. The third kappa shape index (κ3) is 9.33. The minimum absolute atomic E-state index is 0.00116. The molecule has 0 amide bonds. The lowest BCUT2D eigenvalue weighted by Gasteiger charge is -2.44. The fourth-order valence-electron chi connectivity index (χ4n) is 9.39. The molecule has 2 heterocycles. The van der Waals surface area contributed by atoms with E-state index in [4.69, 9.17) is 33.2 Å². The first kappa shape index (κ1) is 40.0. The molecule has 288 valence electrons. The van der Waals surface area contributed by atoms with Gasteiger partial charge in [0.25, 0.3) is 0 Å². The Morgan fingerprint density at radius 3 is 2.33 bits per heavy atom. The number of rotatable bonds is 11. The van der Waals surface area contributed by atoms with Gasteiger partial charge in [0.05, 0.1) is 58.7 Å². The summed E-state index contributed by atoms with van der Waals surface area (Å²) in [5, 5.41) is 0. The average molecular weight is 719 g/mol. The van der Waals surface area contributed by atoms with Crippen LogP contribution in [0.15, 0.2) is 23.8 Å². The zero-order valence-electron chi connectivity index (χ0n) is 32.4. The van der Waals surface area contributed by atoms with E-state index in [9.17, 15) is 14.4 Å². The second-order valence-corrected chi connectivity index (χ2v) is 16.6. The summed E-state index contributed by atoms with van der Waals surface area (Å²) in [6, 6.07) is 0. The number of esters is 2. The van der Waals surface area contributed by atoms with Gasteiger partial charge in [0.2, 0.25) is 0 Å². The summed E-state index contributed by atoms with van der Waals surface area (Å²) in [5.41, 5.74) is 0.682. The van der Waals surface area contributed by atoms with Crippen LogP contribution in [0.2, 0.25) is 0 Å². The molecule has 0 N–H and O–H groups in total. The summed E-state index contributed by atoms with van der Waals surface area (Å²) in [6.45, 7) is 6.74. The Morgan fingerprint density at radius 1 is 0.941 bits per heavy atom. The van der Waals surface area contributed by atoms with E-state index in [0.29, 0.717) is 37.7 Å². The molecule has 3 fully saturated rings. The Hall–Kier alpha value is -2.15. The smallest absolute Gasteiger partial charge is 0.306 e. The van der Waals surface area contributed by atoms with Crippen LogP contribution in [0.5, 0.6) is 0 Å². The molecule has 2 saturated heterocycles. The molecule has 51 heavy (non-hydrogen) atoms. The molecular weight excluding hydrogens is 654 g/mol. The number of methoxy groups -OCH3 is 3. The highest BCUT2D eigenvalue weighted by molar-refractivity contribution is 5.99. The molecule has 0 aromatic heterocycles.